The lowest BCUT2D eigenvalue weighted by atomic mass is 9.83. The van der Waals surface area contributed by atoms with Crippen molar-refractivity contribution in [3.63, 3.8) is 0 Å². The van der Waals surface area contributed by atoms with Crippen LogP contribution < -0.4 is 5.32 Å². The summed E-state index contributed by atoms with van der Waals surface area (Å²) in [6, 6.07) is 8.93. The molecule has 0 aliphatic heterocycles. The van der Waals surface area contributed by atoms with Gasteiger partial charge >= 0.3 is 0 Å². The highest BCUT2D eigenvalue weighted by Crippen LogP contribution is 2.32. The molecule has 1 atom stereocenters. The van der Waals surface area contributed by atoms with Crippen molar-refractivity contribution < 1.29 is 0 Å². The molecule has 0 saturated carbocycles. The lowest BCUT2D eigenvalue weighted by Gasteiger charge is -2.26. The molecule has 1 aliphatic rings. The first-order chi connectivity index (χ1) is 9.88. The van der Waals surface area contributed by atoms with Crippen LogP contribution in [0.4, 0.5) is 0 Å². The molecule has 0 bridgehead atoms. The van der Waals surface area contributed by atoms with E-state index in [4.69, 9.17) is 0 Å². The van der Waals surface area contributed by atoms with Gasteiger partial charge in [0.05, 0.1) is 6.54 Å². The molecule has 1 heterocycles. The van der Waals surface area contributed by atoms with Crippen molar-refractivity contribution in [3.05, 3.63) is 53.6 Å². The number of fused-ring (bicyclic) bond motifs is 1. The highest BCUT2D eigenvalue weighted by Gasteiger charge is 2.20. The van der Waals surface area contributed by atoms with Gasteiger partial charge in [0.15, 0.2) is 0 Å². The second-order valence-electron chi connectivity index (χ2n) is 5.56. The van der Waals surface area contributed by atoms with Gasteiger partial charge in [-0.2, -0.15) is 0 Å². The zero-order valence-electron chi connectivity index (χ0n) is 12.2. The summed E-state index contributed by atoms with van der Waals surface area (Å²) in [5.74, 6) is 1.78. The van der Waals surface area contributed by atoms with Crippen molar-refractivity contribution in [2.45, 2.75) is 45.2 Å². The first-order valence-corrected chi connectivity index (χ1v) is 7.67. The van der Waals surface area contributed by atoms with E-state index in [2.05, 4.69) is 52.3 Å². The average molecular weight is 269 g/mol. The van der Waals surface area contributed by atoms with E-state index in [1.54, 1.807) is 5.56 Å². The predicted octanol–water partition coefficient (Wildman–Crippen LogP) is 3.11. The number of hydrogen-bond acceptors (Lipinski definition) is 2. The van der Waals surface area contributed by atoms with E-state index in [1.807, 2.05) is 6.20 Å². The lowest BCUT2D eigenvalue weighted by molar-refractivity contribution is 0.469. The van der Waals surface area contributed by atoms with Gasteiger partial charge in [0, 0.05) is 24.9 Å². The maximum atomic E-state index is 4.48. The molecule has 1 N–H and O–H groups in total. The SMILES string of the molecule is CCNCc1nccn1CC1CCCc2ccccc21. The molecule has 3 rings (SSSR count). The molecule has 2 aromatic rings. The van der Waals surface area contributed by atoms with E-state index in [9.17, 15) is 0 Å². The topological polar surface area (TPSA) is 29.9 Å². The fourth-order valence-electron chi connectivity index (χ4n) is 3.19. The van der Waals surface area contributed by atoms with Gasteiger partial charge in [0.1, 0.15) is 5.82 Å². The summed E-state index contributed by atoms with van der Waals surface area (Å²) in [5, 5.41) is 3.36. The molecule has 1 aromatic carbocycles. The van der Waals surface area contributed by atoms with Gasteiger partial charge in [0.2, 0.25) is 0 Å². The summed E-state index contributed by atoms with van der Waals surface area (Å²) in [4.78, 5) is 4.48. The van der Waals surface area contributed by atoms with Crippen LogP contribution in [-0.4, -0.2) is 16.1 Å². The molecule has 1 aromatic heterocycles. The van der Waals surface area contributed by atoms with Crippen LogP contribution >= 0.6 is 0 Å². The first-order valence-electron chi connectivity index (χ1n) is 7.67. The summed E-state index contributed by atoms with van der Waals surface area (Å²) in [7, 11) is 0. The van der Waals surface area contributed by atoms with Gasteiger partial charge in [0.25, 0.3) is 0 Å². The molecule has 0 radical (unpaired) electrons. The Labute approximate surface area is 121 Å². The Bertz CT molecular complexity index is 559. The Morgan fingerprint density at radius 3 is 3.15 bits per heavy atom. The highest BCUT2D eigenvalue weighted by molar-refractivity contribution is 5.32. The number of benzene rings is 1. The first kappa shape index (κ1) is 13.4. The number of nitrogens with one attached hydrogen (secondary N) is 1. The van der Waals surface area contributed by atoms with E-state index in [0.717, 1.165) is 25.5 Å². The van der Waals surface area contributed by atoms with Gasteiger partial charge in [-0.25, -0.2) is 4.98 Å². The Morgan fingerprint density at radius 1 is 1.35 bits per heavy atom. The van der Waals surface area contributed by atoms with Crippen LogP contribution in [0.5, 0.6) is 0 Å². The van der Waals surface area contributed by atoms with Crippen molar-refractivity contribution in [2.75, 3.05) is 6.54 Å². The third kappa shape index (κ3) is 2.78. The van der Waals surface area contributed by atoms with Crippen LogP contribution in [0.2, 0.25) is 0 Å². The Hall–Kier alpha value is -1.61. The fraction of sp³-hybridized carbons (Fsp3) is 0.471. The number of hydrogen-bond donors (Lipinski definition) is 1. The third-order valence-electron chi connectivity index (χ3n) is 4.25. The van der Waals surface area contributed by atoms with Crippen LogP contribution in [0.25, 0.3) is 0 Å². The van der Waals surface area contributed by atoms with Crippen molar-refractivity contribution in [2.24, 2.45) is 0 Å². The number of aromatic nitrogens is 2. The van der Waals surface area contributed by atoms with Crippen molar-refractivity contribution in [1.29, 1.82) is 0 Å². The Balaban J connectivity index is 1.77. The molecule has 1 unspecified atom stereocenters. The smallest absolute Gasteiger partial charge is 0.122 e. The van der Waals surface area contributed by atoms with E-state index < -0.39 is 0 Å². The molecule has 20 heavy (non-hydrogen) atoms. The second kappa shape index (κ2) is 6.23. The molecule has 0 amide bonds. The molecular formula is C17H23N3. The minimum absolute atomic E-state index is 0.634. The molecule has 3 heteroatoms. The largest absolute Gasteiger partial charge is 0.333 e. The van der Waals surface area contributed by atoms with Crippen LogP contribution in [-0.2, 0) is 19.5 Å². The van der Waals surface area contributed by atoms with E-state index in [-0.39, 0.29) is 0 Å². The normalized spacial score (nSPS) is 17.9. The van der Waals surface area contributed by atoms with Crippen LogP contribution in [0, 0.1) is 0 Å². The molecule has 106 valence electrons. The third-order valence-corrected chi connectivity index (χ3v) is 4.25. The molecule has 1 aliphatic carbocycles. The maximum Gasteiger partial charge on any atom is 0.122 e. The van der Waals surface area contributed by atoms with Gasteiger partial charge in [-0.1, -0.05) is 31.2 Å². The molecule has 0 spiro atoms. The van der Waals surface area contributed by atoms with Gasteiger partial charge in [-0.05, 0) is 36.9 Å². The molecular weight excluding hydrogens is 246 g/mol. The summed E-state index contributed by atoms with van der Waals surface area (Å²) in [6.45, 7) is 5.03. The number of nitrogens with zero attached hydrogens (tertiary/aromatic N) is 2. The standard InChI is InChI=1S/C17H23N3/c1-2-18-12-17-19-10-11-20(17)13-15-8-5-7-14-6-3-4-9-16(14)15/h3-4,6,9-11,15,18H,2,5,7-8,12-13H2,1H3. The average Bonchev–Trinajstić information content (AvgIpc) is 2.93. The van der Waals surface area contributed by atoms with Crippen molar-refractivity contribution >= 4 is 0 Å². The Morgan fingerprint density at radius 2 is 2.25 bits per heavy atom. The van der Waals surface area contributed by atoms with Crippen LogP contribution in [0.3, 0.4) is 0 Å². The Kier molecular flexibility index (Phi) is 4.16. The monoisotopic (exact) mass is 269 g/mol. The van der Waals surface area contributed by atoms with Crippen molar-refractivity contribution in [1.82, 2.24) is 14.9 Å². The summed E-state index contributed by atoms with van der Waals surface area (Å²) in [6.07, 6.45) is 7.86. The minimum atomic E-state index is 0.634. The number of imidazole rings is 1. The van der Waals surface area contributed by atoms with E-state index >= 15 is 0 Å². The van der Waals surface area contributed by atoms with Crippen LogP contribution in [0.1, 0.15) is 42.6 Å². The summed E-state index contributed by atoms with van der Waals surface area (Å²) < 4.78 is 2.31. The van der Waals surface area contributed by atoms with Gasteiger partial charge in [-0.15, -0.1) is 0 Å². The lowest BCUT2D eigenvalue weighted by Crippen LogP contribution is -2.20. The molecule has 0 saturated heterocycles. The summed E-state index contributed by atoms with van der Waals surface area (Å²) in [5.41, 5.74) is 3.08. The maximum absolute atomic E-state index is 4.48. The van der Waals surface area contributed by atoms with Gasteiger partial charge in [-0.3, -0.25) is 0 Å². The van der Waals surface area contributed by atoms with Gasteiger partial charge < -0.3 is 9.88 Å². The minimum Gasteiger partial charge on any atom is -0.333 e. The van der Waals surface area contributed by atoms with E-state index in [1.165, 1.54) is 24.8 Å². The number of rotatable bonds is 5. The van der Waals surface area contributed by atoms with Crippen LogP contribution in [0.15, 0.2) is 36.7 Å². The molecule has 3 nitrogen and oxygen atoms in total. The fourth-order valence-corrected chi connectivity index (χ4v) is 3.19. The van der Waals surface area contributed by atoms with E-state index in [0.29, 0.717) is 5.92 Å². The number of aryl methyl sites for hydroxylation is 1. The predicted molar refractivity (Wildman–Crippen MR) is 81.7 cm³/mol. The second-order valence-corrected chi connectivity index (χ2v) is 5.56. The zero-order valence-corrected chi connectivity index (χ0v) is 12.2. The quantitative estimate of drug-likeness (QED) is 0.904. The summed E-state index contributed by atoms with van der Waals surface area (Å²) >= 11 is 0. The molecule has 0 fully saturated rings. The highest BCUT2D eigenvalue weighted by atomic mass is 15.1. The van der Waals surface area contributed by atoms with Crippen molar-refractivity contribution in [3.8, 4) is 0 Å². The zero-order chi connectivity index (χ0) is 13.8.